The number of ether oxygens (including phenoxy) is 1. The number of anilines is 1. The summed E-state index contributed by atoms with van der Waals surface area (Å²) >= 11 is 0. The molecule has 0 aliphatic carbocycles. The monoisotopic (exact) mass is 406 g/mol. The number of nitriles is 1. The van der Waals surface area contributed by atoms with Crippen molar-refractivity contribution in [3.8, 4) is 6.07 Å². The molecule has 0 aromatic carbocycles. The van der Waals surface area contributed by atoms with Gasteiger partial charge in [-0.05, 0) is 24.8 Å². The summed E-state index contributed by atoms with van der Waals surface area (Å²) in [5.41, 5.74) is 2.49. The number of rotatable bonds is 3. The fraction of sp³-hybridized carbons (Fsp3) is 0.545. The van der Waals surface area contributed by atoms with Crippen LogP contribution >= 0.6 is 0 Å². The summed E-state index contributed by atoms with van der Waals surface area (Å²) in [5.74, 6) is 1.29. The number of pyridine rings is 1. The summed E-state index contributed by atoms with van der Waals surface area (Å²) in [5, 5.41) is 9.39. The minimum Gasteiger partial charge on any atom is -0.380 e. The first-order valence-corrected chi connectivity index (χ1v) is 10.7. The molecular weight excluding hydrogens is 380 g/mol. The van der Waals surface area contributed by atoms with Crippen LogP contribution in [-0.4, -0.2) is 58.8 Å². The lowest BCUT2D eigenvalue weighted by Crippen LogP contribution is -2.48. The SMILES string of the molecule is N#Cc1nccnc1N1C[C@@H]2C[C@H](C1)c1ccc(CN3CCCOCC3)c(=O)n1C2. The van der Waals surface area contributed by atoms with Crippen LogP contribution in [0.15, 0.2) is 29.3 Å². The van der Waals surface area contributed by atoms with Crippen LogP contribution in [0.5, 0.6) is 0 Å². The lowest BCUT2D eigenvalue weighted by atomic mass is 9.83. The van der Waals surface area contributed by atoms with E-state index in [1.54, 1.807) is 12.4 Å². The van der Waals surface area contributed by atoms with Crippen molar-refractivity contribution in [2.24, 2.45) is 5.92 Å². The third kappa shape index (κ3) is 3.59. The van der Waals surface area contributed by atoms with E-state index >= 15 is 0 Å². The second kappa shape index (κ2) is 8.17. The zero-order chi connectivity index (χ0) is 20.5. The fourth-order valence-corrected chi connectivity index (χ4v) is 5.12. The van der Waals surface area contributed by atoms with Crippen molar-refractivity contribution in [3.63, 3.8) is 0 Å². The molecule has 30 heavy (non-hydrogen) atoms. The van der Waals surface area contributed by atoms with Gasteiger partial charge in [0.1, 0.15) is 6.07 Å². The Bertz CT molecular complexity index is 1020. The van der Waals surface area contributed by atoms with Crippen LogP contribution in [0.2, 0.25) is 0 Å². The molecule has 2 fully saturated rings. The average molecular weight is 406 g/mol. The minimum absolute atomic E-state index is 0.151. The van der Waals surface area contributed by atoms with Crippen molar-refractivity contribution in [1.82, 2.24) is 19.4 Å². The first-order chi connectivity index (χ1) is 14.7. The number of hydrogen-bond donors (Lipinski definition) is 0. The third-order valence-electron chi connectivity index (χ3n) is 6.48. The summed E-state index contributed by atoms with van der Waals surface area (Å²) in [6, 6.07) is 6.31. The molecule has 2 aromatic heterocycles. The highest BCUT2D eigenvalue weighted by Gasteiger charge is 2.36. The Labute approximate surface area is 175 Å². The standard InChI is InChI=1S/C22H26N6O2/c23-11-19-21(25-5-4-24-19)27-12-16-10-18(15-27)20-3-2-17(22(29)28(20)13-16)14-26-6-1-8-30-9-7-26/h2-5,16,18H,1,6-10,12-15H2/t16-,18+/m0/s1. The van der Waals surface area contributed by atoms with E-state index in [9.17, 15) is 10.1 Å². The second-order valence-corrected chi connectivity index (χ2v) is 8.49. The molecule has 8 nitrogen and oxygen atoms in total. The van der Waals surface area contributed by atoms with Crippen LogP contribution in [0, 0.1) is 17.2 Å². The van der Waals surface area contributed by atoms with Crippen LogP contribution in [0.25, 0.3) is 0 Å². The number of piperidine rings is 1. The van der Waals surface area contributed by atoms with Gasteiger partial charge in [-0.25, -0.2) is 9.97 Å². The molecule has 2 saturated heterocycles. The number of aromatic nitrogens is 3. The Morgan fingerprint density at radius 1 is 1.13 bits per heavy atom. The molecule has 8 heteroatoms. The van der Waals surface area contributed by atoms with E-state index in [1.807, 2.05) is 10.6 Å². The minimum atomic E-state index is 0.151. The summed E-state index contributed by atoms with van der Waals surface area (Å²) in [6.07, 6.45) is 5.28. The molecule has 0 N–H and O–H groups in total. The van der Waals surface area contributed by atoms with Gasteiger partial charge in [0.2, 0.25) is 0 Å². The molecule has 2 atom stereocenters. The van der Waals surface area contributed by atoms with Crippen LogP contribution in [-0.2, 0) is 17.8 Å². The van der Waals surface area contributed by atoms with Gasteiger partial charge in [-0.1, -0.05) is 6.07 Å². The lowest BCUT2D eigenvalue weighted by Gasteiger charge is -2.43. The molecule has 156 valence electrons. The van der Waals surface area contributed by atoms with Gasteiger partial charge in [0.15, 0.2) is 11.5 Å². The molecule has 2 bridgehead atoms. The van der Waals surface area contributed by atoms with Gasteiger partial charge in [0, 0.05) is 75.4 Å². The van der Waals surface area contributed by atoms with Gasteiger partial charge in [0.05, 0.1) is 6.61 Å². The maximum Gasteiger partial charge on any atom is 0.255 e. The summed E-state index contributed by atoms with van der Waals surface area (Å²) in [4.78, 5) is 26.4. The van der Waals surface area contributed by atoms with Crippen molar-refractivity contribution in [3.05, 3.63) is 51.8 Å². The van der Waals surface area contributed by atoms with Crippen molar-refractivity contribution < 1.29 is 4.74 Å². The lowest BCUT2D eigenvalue weighted by molar-refractivity contribution is 0.140. The fourth-order valence-electron chi connectivity index (χ4n) is 5.12. The predicted molar refractivity (Wildman–Crippen MR) is 111 cm³/mol. The summed E-state index contributed by atoms with van der Waals surface area (Å²) in [7, 11) is 0. The summed E-state index contributed by atoms with van der Waals surface area (Å²) in [6.45, 7) is 6.35. The maximum atomic E-state index is 13.3. The Morgan fingerprint density at radius 2 is 2.03 bits per heavy atom. The van der Waals surface area contributed by atoms with E-state index < -0.39 is 0 Å². The van der Waals surface area contributed by atoms with Gasteiger partial charge >= 0.3 is 0 Å². The number of fused-ring (bicyclic) bond motifs is 4. The zero-order valence-corrected chi connectivity index (χ0v) is 17.0. The highest BCUT2D eigenvalue weighted by Crippen LogP contribution is 2.37. The molecule has 2 aromatic rings. The first kappa shape index (κ1) is 19.2. The van der Waals surface area contributed by atoms with Crippen molar-refractivity contribution in [2.45, 2.75) is 31.8 Å². The zero-order valence-electron chi connectivity index (χ0n) is 17.0. The van der Waals surface area contributed by atoms with Crippen LogP contribution in [0.1, 0.15) is 35.7 Å². The van der Waals surface area contributed by atoms with E-state index in [-0.39, 0.29) is 11.5 Å². The van der Waals surface area contributed by atoms with Gasteiger partial charge in [0.25, 0.3) is 5.56 Å². The first-order valence-electron chi connectivity index (χ1n) is 10.7. The third-order valence-corrected chi connectivity index (χ3v) is 6.48. The maximum absolute atomic E-state index is 13.3. The Morgan fingerprint density at radius 3 is 2.93 bits per heavy atom. The molecule has 0 radical (unpaired) electrons. The van der Waals surface area contributed by atoms with E-state index in [1.165, 1.54) is 0 Å². The molecular formula is C22H26N6O2. The molecule has 3 aliphatic rings. The van der Waals surface area contributed by atoms with Crippen LogP contribution in [0.3, 0.4) is 0 Å². The Kier molecular flexibility index (Phi) is 5.23. The second-order valence-electron chi connectivity index (χ2n) is 8.49. The topological polar surface area (TPSA) is 87.3 Å². The molecule has 5 rings (SSSR count). The summed E-state index contributed by atoms with van der Waals surface area (Å²) < 4.78 is 7.54. The van der Waals surface area contributed by atoms with Gasteiger partial charge in [-0.3, -0.25) is 9.69 Å². The largest absolute Gasteiger partial charge is 0.380 e. The number of hydrogen-bond acceptors (Lipinski definition) is 7. The quantitative estimate of drug-likeness (QED) is 0.760. The van der Waals surface area contributed by atoms with E-state index in [0.717, 1.165) is 70.0 Å². The molecule has 5 heterocycles. The van der Waals surface area contributed by atoms with Crippen molar-refractivity contribution in [1.29, 1.82) is 5.26 Å². The number of nitrogens with zero attached hydrogens (tertiary/aromatic N) is 6. The van der Waals surface area contributed by atoms with Gasteiger partial charge in [-0.15, -0.1) is 0 Å². The normalized spacial score (nSPS) is 24.0. The molecule has 0 unspecified atom stereocenters. The smallest absolute Gasteiger partial charge is 0.255 e. The van der Waals surface area contributed by atoms with Crippen LogP contribution in [0.4, 0.5) is 5.82 Å². The van der Waals surface area contributed by atoms with Crippen molar-refractivity contribution in [2.75, 3.05) is 44.3 Å². The highest BCUT2D eigenvalue weighted by atomic mass is 16.5. The van der Waals surface area contributed by atoms with Gasteiger partial charge in [-0.2, -0.15) is 5.26 Å². The molecule has 0 spiro atoms. The van der Waals surface area contributed by atoms with Crippen molar-refractivity contribution >= 4 is 5.82 Å². The van der Waals surface area contributed by atoms with E-state index in [4.69, 9.17) is 4.74 Å². The molecule has 0 saturated carbocycles. The molecule has 3 aliphatic heterocycles. The predicted octanol–water partition coefficient (Wildman–Crippen LogP) is 1.36. The Balaban J connectivity index is 1.40. The van der Waals surface area contributed by atoms with Crippen LogP contribution < -0.4 is 10.5 Å². The van der Waals surface area contributed by atoms with E-state index in [0.29, 0.717) is 24.0 Å². The van der Waals surface area contributed by atoms with Gasteiger partial charge < -0.3 is 14.2 Å². The Hall–Kier alpha value is -2.76. The highest BCUT2D eigenvalue weighted by molar-refractivity contribution is 5.50. The molecule has 0 amide bonds. The average Bonchev–Trinajstić information content (AvgIpc) is 3.04. The van der Waals surface area contributed by atoms with E-state index in [2.05, 4.69) is 31.9 Å².